The molecule has 0 fully saturated rings. The second-order valence-electron chi connectivity index (χ2n) is 1.55. The first-order valence-corrected chi connectivity index (χ1v) is 2.44. The summed E-state index contributed by atoms with van der Waals surface area (Å²) in [6.07, 6.45) is 2.53. The van der Waals surface area contributed by atoms with Crippen LogP contribution in [0.3, 0.4) is 0 Å². The molecule has 0 saturated heterocycles. The highest BCUT2D eigenvalue weighted by Crippen LogP contribution is 2.01. The lowest BCUT2D eigenvalue weighted by Gasteiger charge is -1.92. The Hall–Kier alpha value is -1.25. The number of carbonyl (C=O) groups is 1. The van der Waals surface area contributed by atoms with E-state index in [0.717, 1.165) is 6.26 Å². The van der Waals surface area contributed by atoms with Gasteiger partial charge in [-0.25, -0.2) is 0 Å². The van der Waals surface area contributed by atoms with E-state index in [4.69, 9.17) is 10.8 Å². The highest BCUT2D eigenvalue weighted by molar-refractivity contribution is 5.79. The smallest absolute Gasteiger partial charge is 0.153 e. The number of rotatable bonds is 2. The zero-order valence-corrected chi connectivity index (χ0v) is 5.16. The molecule has 0 spiro atoms. The van der Waals surface area contributed by atoms with Crippen molar-refractivity contribution in [1.82, 2.24) is 0 Å². The molecule has 0 aliphatic heterocycles. The molecule has 0 saturated carbocycles. The van der Waals surface area contributed by atoms with Crippen LogP contribution in [0.15, 0.2) is 23.6 Å². The molecule has 0 bridgehead atoms. The monoisotopic (exact) mass is 127 g/mol. The third-order valence-electron chi connectivity index (χ3n) is 0.971. The maximum atomic E-state index is 10.0. The predicted molar refractivity (Wildman–Crippen MR) is 34.7 cm³/mol. The van der Waals surface area contributed by atoms with Crippen molar-refractivity contribution in [2.45, 2.75) is 6.92 Å². The molecule has 0 aromatic rings. The second kappa shape index (κ2) is 3.72. The molecular weight excluding hydrogens is 118 g/mol. The Morgan fingerprint density at radius 3 is 2.33 bits per heavy atom. The average molecular weight is 127 g/mol. The van der Waals surface area contributed by atoms with Crippen LogP contribution >= 0.6 is 0 Å². The summed E-state index contributed by atoms with van der Waals surface area (Å²) in [5.41, 5.74) is 5.82. The fraction of sp³-hybridized carbons (Fsp3) is 0.167. The Labute approximate surface area is 53.5 Å². The Kier molecular flexibility index (Phi) is 3.20. The maximum absolute atomic E-state index is 10.0. The number of nitrogens with two attached hydrogens (primary N) is 1. The number of aliphatic hydroxyl groups is 1. The van der Waals surface area contributed by atoms with Crippen LogP contribution in [-0.4, -0.2) is 11.4 Å². The third-order valence-corrected chi connectivity index (χ3v) is 0.971. The van der Waals surface area contributed by atoms with Crippen LogP contribution in [-0.2, 0) is 4.79 Å². The minimum absolute atomic E-state index is 0.206. The zero-order chi connectivity index (χ0) is 7.28. The minimum atomic E-state index is 0.206. The second-order valence-corrected chi connectivity index (χ2v) is 1.55. The molecule has 0 heterocycles. The standard InChI is InChI=1S/C6H9NO2/c1-5(2-7)6(3-8)4-9/h2-4,8H,7H2,1H3/b5-2-,6-3-. The van der Waals surface area contributed by atoms with Crippen molar-refractivity contribution in [2.75, 3.05) is 0 Å². The van der Waals surface area contributed by atoms with Crippen molar-refractivity contribution < 1.29 is 9.90 Å². The fourth-order valence-electron chi connectivity index (χ4n) is 0.321. The molecular formula is C6H9NO2. The van der Waals surface area contributed by atoms with E-state index >= 15 is 0 Å². The quantitative estimate of drug-likeness (QED) is 0.245. The van der Waals surface area contributed by atoms with Gasteiger partial charge in [-0.05, 0) is 18.7 Å². The summed E-state index contributed by atoms with van der Waals surface area (Å²) in [6.45, 7) is 1.64. The van der Waals surface area contributed by atoms with Crippen LogP contribution in [0, 0.1) is 0 Å². The van der Waals surface area contributed by atoms with Crippen molar-refractivity contribution in [2.24, 2.45) is 5.73 Å². The number of aliphatic hydroxyl groups excluding tert-OH is 1. The van der Waals surface area contributed by atoms with Crippen LogP contribution in [0.2, 0.25) is 0 Å². The van der Waals surface area contributed by atoms with Gasteiger partial charge >= 0.3 is 0 Å². The molecule has 0 rings (SSSR count). The van der Waals surface area contributed by atoms with E-state index < -0.39 is 0 Å². The number of hydrogen-bond donors (Lipinski definition) is 2. The summed E-state index contributed by atoms with van der Waals surface area (Å²) in [5, 5.41) is 8.34. The van der Waals surface area contributed by atoms with Crippen LogP contribution in [0.25, 0.3) is 0 Å². The van der Waals surface area contributed by atoms with E-state index in [9.17, 15) is 4.79 Å². The fourth-order valence-corrected chi connectivity index (χ4v) is 0.321. The molecule has 0 atom stereocenters. The largest absolute Gasteiger partial charge is 0.515 e. The van der Waals surface area contributed by atoms with E-state index in [0.29, 0.717) is 11.9 Å². The summed E-state index contributed by atoms with van der Waals surface area (Å²) in [6, 6.07) is 0. The molecule has 0 aromatic heterocycles. The van der Waals surface area contributed by atoms with E-state index in [1.807, 2.05) is 0 Å². The molecule has 0 radical (unpaired) electrons. The van der Waals surface area contributed by atoms with Gasteiger partial charge in [0.1, 0.15) is 0 Å². The minimum Gasteiger partial charge on any atom is -0.515 e. The van der Waals surface area contributed by atoms with Crippen molar-refractivity contribution in [3.63, 3.8) is 0 Å². The Balaban J connectivity index is 4.32. The van der Waals surface area contributed by atoms with Crippen LogP contribution in [0.1, 0.15) is 6.92 Å². The first-order valence-electron chi connectivity index (χ1n) is 2.44. The normalized spacial score (nSPS) is 13.4. The van der Waals surface area contributed by atoms with E-state index in [-0.39, 0.29) is 5.57 Å². The highest BCUT2D eigenvalue weighted by atomic mass is 16.2. The summed E-state index contributed by atoms with van der Waals surface area (Å²) < 4.78 is 0. The first kappa shape index (κ1) is 7.75. The lowest BCUT2D eigenvalue weighted by molar-refractivity contribution is -0.104. The molecule has 0 aromatic carbocycles. The third kappa shape index (κ3) is 1.99. The van der Waals surface area contributed by atoms with Gasteiger partial charge in [-0.15, -0.1) is 0 Å². The Bertz CT molecular complexity index is 158. The summed E-state index contributed by atoms with van der Waals surface area (Å²) >= 11 is 0. The van der Waals surface area contributed by atoms with Gasteiger partial charge in [-0.3, -0.25) is 4.79 Å². The number of allylic oxidation sites excluding steroid dienone is 2. The van der Waals surface area contributed by atoms with Gasteiger partial charge in [-0.2, -0.15) is 0 Å². The molecule has 3 nitrogen and oxygen atoms in total. The molecule has 0 amide bonds. The molecule has 0 aliphatic carbocycles. The van der Waals surface area contributed by atoms with Crippen LogP contribution < -0.4 is 5.73 Å². The Morgan fingerprint density at radius 1 is 1.67 bits per heavy atom. The van der Waals surface area contributed by atoms with Gasteiger partial charge in [0.25, 0.3) is 0 Å². The SMILES string of the molecule is CC(=C/N)/C(C=O)=C\O. The molecule has 9 heavy (non-hydrogen) atoms. The van der Waals surface area contributed by atoms with Crippen LogP contribution in [0.4, 0.5) is 0 Å². The van der Waals surface area contributed by atoms with Gasteiger partial charge in [-0.1, -0.05) is 0 Å². The zero-order valence-electron chi connectivity index (χ0n) is 5.16. The number of aldehydes is 1. The number of carbonyl (C=O) groups excluding carboxylic acids is 1. The topological polar surface area (TPSA) is 63.3 Å². The van der Waals surface area contributed by atoms with Gasteiger partial charge < -0.3 is 10.8 Å². The van der Waals surface area contributed by atoms with E-state index in [2.05, 4.69) is 0 Å². The lowest BCUT2D eigenvalue weighted by Crippen LogP contribution is -1.90. The van der Waals surface area contributed by atoms with Gasteiger partial charge in [0.2, 0.25) is 0 Å². The van der Waals surface area contributed by atoms with Gasteiger partial charge in [0.15, 0.2) is 6.29 Å². The van der Waals surface area contributed by atoms with Crippen molar-refractivity contribution in [3.8, 4) is 0 Å². The summed E-state index contributed by atoms with van der Waals surface area (Å²) in [7, 11) is 0. The summed E-state index contributed by atoms with van der Waals surface area (Å²) in [4.78, 5) is 10.0. The molecule has 0 aliphatic rings. The van der Waals surface area contributed by atoms with Crippen LogP contribution in [0.5, 0.6) is 0 Å². The predicted octanol–water partition coefficient (Wildman–Crippen LogP) is 0.490. The van der Waals surface area contributed by atoms with Crippen molar-refractivity contribution in [3.05, 3.63) is 23.6 Å². The molecule has 50 valence electrons. The average Bonchev–Trinajstić information content (AvgIpc) is 1.90. The van der Waals surface area contributed by atoms with Gasteiger partial charge in [0, 0.05) is 0 Å². The maximum Gasteiger partial charge on any atom is 0.153 e. The van der Waals surface area contributed by atoms with Crippen molar-refractivity contribution >= 4 is 6.29 Å². The summed E-state index contributed by atoms with van der Waals surface area (Å²) in [5.74, 6) is 0. The van der Waals surface area contributed by atoms with E-state index in [1.165, 1.54) is 6.20 Å². The van der Waals surface area contributed by atoms with Crippen molar-refractivity contribution in [1.29, 1.82) is 0 Å². The molecule has 0 unspecified atom stereocenters. The van der Waals surface area contributed by atoms with E-state index in [1.54, 1.807) is 6.92 Å². The lowest BCUT2D eigenvalue weighted by atomic mass is 10.2. The molecule has 3 N–H and O–H groups in total. The number of hydrogen-bond acceptors (Lipinski definition) is 3. The molecule has 3 heteroatoms. The van der Waals surface area contributed by atoms with Gasteiger partial charge in [0.05, 0.1) is 11.8 Å². The highest BCUT2D eigenvalue weighted by Gasteiger charge is 1.94. The Morgan fingerprint density at radius 2 is 2.22 bits per heavy atom. The first-order chi connectivity index (χ1) is 4.26.